The van der Waals surface area contributed by atoms with Gasteiger partial charge < -0.3 is 10.6 Å². The van der Waals surface area contributed by atoms with Crippen LogP contribution < -0.4 is 15.4 Å². The third-order valence-corrected chi connectivity index (χ3v) is 5.77. The standard InChI is InChI=1S/C21H36N4O2S.HI/c1-4-22-21(24-17(2)14-15-18-10-6-5-7-11-18)23-16-19-12-8-9-13-20(19)25-28(3,26)27;/h8-9,12-13,17-18,25H,4-7,10-11,14-16H2,1-3H3,(H2,22,23,24);1H. The molecular weight excluding hydrogens is 499 g/mol. The van der Waals surface area contributed by atoms with Crippen LogP contribution >= 0.6 is 24.0 Å². The fourth-order valence-corrected chi connectivity index (χ4v) is 4.31. The van der Waals surface area contributed by atoms with Crippen LogP contribution in [0.4, 0.5) is 5.69 Å². The topological polar surface area (TPSA) is 82.6 Å². The Kier molecular flexibility index (Phi) is 11.9. The van der Waals surface area contributed by atoms with Crippen LogP contribution in [-0.4, -0.2) is 33.2 Å². The molecule has 166 valence electrons. The van der Waals surface area contributed by atoms with E-state index in [9.17, 15) is 8.42 Å². The molecule has 29 heavy (non-hydrogen) atoms. The number of rotatable bonds is 9. The quantitative estimate of drug-likeness (QED) is 0.247. The van der Waals surface area contributed by atoms with Gasteiger partial charge in [0.05, 0.1) is 18.5 Å². The zero-order chi connectivity index (χ0) is 20.4. The molecule has 1 aromatic carbocycles. The summed E-state index contributed by atoms with van der Waals surface area (Å²) in [6, 6.07) is 7.72. The first-order valence-electron chi connectivity index (χ1n) is 10.5. The highest BCUT2D eigenvalue weighted by Gasteiger charge is 2.15. The molecule has 1 atom stereocenters. The Morgan fingerprint density at radius 3 is 2.55 bits per heavy atom. The van der Waals surface area contributed by atoms with Gasteiger partial charge in [0.2, 0.25) is 10.0 Å². The zero-order valence-electron chi connectivity index (χ0n) is 17.9. The minimum Gasteiger partial charge on any atom is -0.357 e. The number of anilines is 1. The molecule has 1 saturated carbocycles. The molecule has 0 saturated heterocycles. The fraction of sp³-hybridized carbons (Fsp3) is 0.667. The van der Waals surface area contributed by atoms with E-state index < -0.39 is 10.0 Å². The molecule has 0 amide bonds. The van der Waals surface area contributed by atoms with Crippen molar-refractivity contribution < 1.29 is 8.42 Å². The van der Waals surface area contributed by atoms with Crippen molar-refractivity contribution in [1.82, 2.24) is 10.6 Å². The number of benzene rings is 1. The van der Waals surface area contributed by atoms with Gasteiger partial charge in [-0.25, -0.2) is 13.4 Å². The smallest absolute Gasteiger partial charge is 0.229 e. The summed E-state index contributed by atoms with van der Waals surface area (Å²) in [5.41, 5.74) is 1.43. The summed E-state index contributed by atoms with van der Waals surface area (Å²) in [6.45, 7) is 5.44. The van der Waals surface area contributed by atoms with Crippen molar-refractivity contribution in [3.8, 4) is 0 Å². The van der Waals surface area contributed by atoms with Gasteiger partial charge in [-0.2, -0.15) is 0 Å². The molecule has 0 bridgehead atoms. The highest BCUT2D eigenvalue weighted by Crippen LogP contribution is 2.27. The Balaban J connectivity index is 0.00000420. The lowest BCUT2D eigenvalue weighted by Crippen LogP contribution is -2.42. The Morgan fingerprint density at radius 1 is 1.21 bits per heavy atom. The van der Waals surface area contributed by atoms with E-state index in [0.717, 1.165) is 36.7 Å². The molecule has 1 aromatic rings. The molecule has 1 aliphatic carbocycles. The Hall–Kier alpha value is -1.03. The maximum absolute atomic E-state index is 11.6. The Morgan fingerprint density at radius 2 is 1.90 bits per heavy atom. The molecule has 3 N–H and O–H groups in total. The fourth-order valence-electron chi connectivity index (χ4n) is 3.71. The number of hydrogen-bond acceptors (Lipinski definition) is 3. The third-order valence-electron chi connectivity index (χ3n) is 5.18. The maximum atomic E-state index is 11.6. The van der Waals surface area contributed by atoms with Crippen molar-refractivity contribution in [1.29, 1.82) is 0 Å². The van der Waals surface area contributed by atoms with Crippen LogP contribution in [0.2, 0.25) is 0 Å². The second-order valence-electron chi connectivity index (χ2n) is 7.85. The molecule has 0 aromatic heterocycles. The first kappa shape index (κ1) is 26.0. The molecule has 8 heteroatoms. The van der Waals surface area contributed by atoms with Gasteiger partial charge in [-0.3, -0.25) is 4.72 Å². The van der Waals surface area contributed by atoms with E-state index in [1.54, 1.807) is 6.07 Å². The van der Waals surface area contributed by atoms with E-state index in [4.69, 9.17) is 0 Å². The third kappa shape index (κ3) is 10.5. The van der Waals surface area contributed by atoms with Crippen molar-refractivity contribution in [3.05, 3.63) is 29.8 Å². The van der Waals surface area contributed by atoms with Crippen molar-refractivity contribution >= 4 is 45.6 Å². The van der Waals surface area contributed by atoms with Gasteiger partial charge in [0.15, 0.2) is 5.96 Å². The highest BCUT2D eigenvalue weighted by atomic mass is 127. The van der Waals surface area contributed by atoms with Crippen molar-refractivity contribution in [2.45, 2.75) is 71.4 Å². The Labute approximate surface area is 193 Å². The lowest BCUT2D eigenvalue weighted by Gasteiger charge is -2.24. The van der Waals surface area contributed by atoms with E-state index in [0.29, 0.717) is 18.3 Å². The van der Waals surface area contributed by atoms with Crippen LogP contribution in [-0.2, 0) is 16.6 Å². The average molecular weight is 537 g/mol. The van der Waals surface area contributed by atoms with Gasteiger partial charge >= 0.3 is 0 Å². The van der Waals surface area contributed by atoms with E-state index in [-0.39, 0.29) is 24.0 Å². The molecule has 0 aliphatic heterocycles. The summed E-state index contributed by atoms with van der Waals surface area (Å²) in [5.74, 6) is 1.65. The van der Waals surface area contributed by atoms with Gasteiger partial charge in [0, 0.05) is 12.6 Å². The lowest BCUT2D eigenvalue weighted by molar-refractivity contribution is 0.322. The highest BCUT2D eigenvalue weighted by molar-refractivity contribution is 14.0. The van der Waals surface area contributed by atoms with Gasteiger partial charge in [-0.05, 0) is 44.2 Å². The number of sulfonamides is 1. The van der Waals surface area contributed by atoms with Crippen LogP contribution in [0, 0.1) is 5.92 Å². The number of halogens is 1. The molecule has 6 nitrogen and oxygen atoms in total. The molecule has 2 rings (SSSR count). The lowest BCUT2D eigenvalue weighted by atomic mass is 9.85. The second kappa shape index (κ2) is 13.3. The molecule has 0 radical (unpaired) electrons. The number of nitrogens with one attached hydrogen (secondary N) is 3. The number of guanidine groups is 1. The van der Waals surface area contributed by atoms with Gasteiger partial charge in [0.1, 0.15) is 0 Å². The van der Waals surface area contributed by atoms with Gasteiger partial charge in [-0.15, -0.1) is 24.0 Å². The predicted molar refractivity (Wildman–Crippen MR) is 134 cm³/mol. The van der Waals surface area contributed by atoms with Gasteiger partial charge in [0.25, 0.3) is 0 Å². The minimum atomic E-state index is -3.32. The molecule has 1 aliphatic rings. The summed E-state index contributed by atoms with van der Waals surface area (Å²) in [4.78, 5) is 4.67. The first-order chi connectivity index (χ1) is 13.4. The molecule has 1 unspecified atom stereocenters. The van der Waals surface area contributed by atoms with Crippen LogP contribution in [0.15, 0.2) is 29.3 Å². The SMILES string of the molecule is CCNC(=NCc1ccccc1NS(C)(=O)=O)NC(C)CCC1CCCCC1.I. The normalized spacial score (nSPS) is 16.6. The zero-order valence-corrected chi connectivity index (χ0v) is 21.1. The molecular formula is C21H37IN4O2S. The average Bonchev–Trinajstić information content (AvgIpc) is 2.65. The predicted octanol–water partition coefficient (Wildman–Crippen LogP) is 4.48. The van der Waals surface area contributed by atoms with Crippen molar-refractivity contribution in [2.75, 3.05) is 17.5 Å². The van der Waals surface area contributed by atoms with Crippen molar-refractivity contribution in [2.24, 2.45) is 10.9 Å². The first-order valence-corrected chi connectivity index (χ1v) is 12.4. The number of aliphatic imine (C=N–C) groups is 1. The summed E-state index contributed by atoms with van der Waals surface area (Å²) in [7, 11) is -3.32. The molecule has 0 spiro atoms. The van der Waals surface area contributed by atoms with E-state index >= 15 is 0 Å². The largest absolute Gasteiger partial charge is 0.357 e. The monoisotopic (exact) mass is 536 g/mol. The van der Waals surface area contributed by atoms with Crippen LogP contribution in [0.25, 0.3) is 0 Å². The van der Waals surface area contributed by atoms with E-state index in [2.05, 4.69) is 27.3 Å². The summed E-state index contributed by atoms with van der Waals surface area (Å²) in [6.07, 6.45) is 10.5. The van der Waals surface area contributed by atoms with Crippen LogP contribution in [0.5, 0.6) is 0 Å². The minimum absolute atomic E-state index is 0. The van der Waals surface area contributed by atoms with Gasteiger partial charge in [-0.1, -0.05) is 50.3 Å². The number of hydrogen-bond donors (Lipinski definition) is 3. The van der Waals surface area contributed by atoms with E-state index in [1.165, 1.54) is 38.5 Å². The second-order valence-corrected chi connectivity index (χ2v) is 9.60. The maximum Gasteiger partial charge on any atom is 0.229 e. The number of para-hydroxylation sites is 1. The van der Waals surface area contributed by atoms with E-state index in [1.807, 2.05) is 25.1 Å². The molecule has 1 fully saturated rings. The van der Waals surface area contributed by atoms with Crippen LogP contribution in [0.3, 0.4) is 0 Å². The van der Waals surface area contributed by atoms with Crippen LogP contribution in [0.1, 0.15) is 64.4 Å². The Bertz CT molecular complexity index is 734. The summed E-state index contributed by atoms with van der Waals surface area (Å²) < 4.78 is 25.7. The molecule has 0 heterocycles. The number of nitrogens with zero attached hydrogens (tertiary/aromatic N) is 1. The summed E-state index contributed by atoms with van der Waals surface area (Å²) in [5, 5.41) is 6.79. The summed E-state index contributed by atoms with van der Waals surface area (Å²) >= 11 is 0. The van der Waals surface area contributed by atoms with Crippen molar-refractivity contribution in [3.63, 3.8) is 0 Å².